The molecule has 0 N–H and O–H groups in total. The third-order valence-electron chi connectivity index (χ3n) is 2.89. The van der Waals surface area contributed by atoms with Crippen LogP contribution >= 0.6 is 0 Å². The summed E-state index contributed by atoms with van der Waals surface area (Å²) in [7, 11) is 0. The highest BCUT2D eigenvalue weighted by Crippen LogP contribution is 2.30. The van der Waals surface area contributed by atoms with E-state index >= 15 is 0 Å². The number of hydrogen-bond acceptors (Lipinski definition) is 3. The van der Waals surface area contributed by atoms with Gasteiger partial charge in [-0.2, -0.15) is 0 Å². The Morgan fingerprint density at radius 1 is 1.00 bits per heavy atom. The van der Waals surface area contributed by atoms with Gasteiger partial charge in [-0.25, -0.2) is 0 Å². The fourth-order valence-corrected chi connectivity index (χ4v) is 1.80. The Labute approximate surface area is 128 Å². The number of ether oxygens (including phenoxy) is 2. The van der Waals surface area contributed by atoms with Gasteiger partial charge < -0.3 is 9.47 Å². The van der Waals surface area contributed by atoms with Crippen LogP contribution in [0.2, 0.25) is 0 Å². The molecule has 0 aliphatic carbocycles. The van der Waals surface area contributed by atoms with Crippen molar-refractivity contribution < 1.29 is 14.3 Å². The van der Waals surface area contributed by atoms with Gasteiger partial charge in [-0.15, -0.1) is 0 Å². The molecule has 1 aromatic carbocycles. The summed E-state index contributed by atoms with van der Waals surface area (Å²) in [5, 5.41) is 0. The highest BCUT2D eigenvalue weighted by molar-refractivity contribution is 5.96. The molecule has 0 radical (unpaired) electrons. The van der Waals surface area contributed by atoms with E-state index in [2.05, 4.69) is 27.7 Å². The number of Topliss-reactive ketones (excluding diaryl/α,β-unsaturated/α-hetero) is 1. The lowest BCUT2D eigenvalue weighted by molar-refractivity contribution is 0.0981. The Morgan fingerprint density at radius 2 is 1.57 bits per heavy atom. The Kier molecular flexibility index (Phi) is 7.27. The van der Waals surface area contributed by atoms with E-state index < -0.39 is 0 Å². The number of hydrogen-bond donors (Lipinski definition) is 0. The van der Waals surface area contributed by atoms with Crippen molar-refractivity contribution in [2.75, 3.05) is 13.2 Å². The molecule has 0 aliphatic rings. The molecule has 1 rings (SSSR count). The van der Waals surface area contributed by atoms with Crippen LogP contribution in [0.5, 0.6) is 11.5 Å². The van der Waals surface area contributed by atoms with Crippen LogP contribution in [0.15, 0.2) is 18.2 Å². The van der Waals surface area contributed by atoms with Crippen molar-refractivity contribution in [3.8, 4) is 11.5 Å². The number of carbonyl (C=O) groups is 1. The molecule has 3 heteroatoms. The molecule has 0 unspecified atom stereocenters. The van der Waals surface area contributed by atoms with Gasteiger partial charge in [0.1, 0.15) is 0 Å². The highest BCUT2D eigenvalue weighted by atomic mass is 16.5. The smallest absolute Gasteiger partial charge is 0.163 e. The Morgan fingerprint density at radius 3 is 2.10 bits per heavy atom. The first-order valence-electron chi connectivity index (χ1n) is 7.86. The normalized spacial score (nSPS) is 11.0. The van der Waals surface area contributed by atoms with Crippen LogP contribution in [0.25, 0.3) is 0 Å². The largest absolute Gasteiger partial charge is 0.489 e. The molecular weight excluding hydrogens is 264 g/mol. The van der Waals surface area contributed by atoms with Crippen molar-refractivity contribution in [1.82, 2.24) is 0 Å². The Hall–Kier alpha value is -1.51. The second kappa shape index (κ2) is 8.71. The number of benzene rings is 1. The number of ketones is 1. The zero-order valence-electron chi connectivity index (χ0n) is 13.9. The first kappa shape index (κ1) is 17.5. The summed E-state index contributed by atoms with van der Waals surface area (Å²) in [5.74, 6) is 2.42. The number of rotatable bonds is 9. The zero-order valence-corrected chi connectivity index (χ0v) is 13.9. The third kappa shape index (κ3) is 6.19. The van der Waals surface area contributed by atoms with Crippen LogP contribution in [0.1, 0.15) is 57.8 Å². The molecule has 0 aromatic heterocycles. The summed E-state index contributed by atoms with van der Waals surface area (Å²) in [5.41, 5.74) is 0.701. The van der Waals surface area contributed by atoms with Crippen molar-refractivity contribution in [2.45, 2.75) is 47.5 Å². The third-order valence-corrected chi connectivity index (χ3v) is 2.89. The standard InChI is InChI=1S/C18H28O3/c1-6-7-16(19)15-8-9-17(20-11-13(2)3)18(10-15)21-12-14(4)5/h8-10,13-14H,6-7,11-12H2,1-5H3. The molecule has 0 saturated heterocycles. The first-order chi connectivity index (χ1) is 9.93. The topological polar surface area (TPSA) is 35.5 Å². The van der Waals surface area contributed by atoms with E-state index in [0.717, 1.165) is 12.2 Å². The fourth-order valence-electron chi connectivity index (χ4n) is 1.80. The van der Waals surface area contributed by atoms with Crippen molar-refractivity contribution in [3.63, 3.8) is 0 Å². The van der Waals surface area contributed by atoms with E-state index in [0.29, 0.717) is 42.8 Å². The Bertz CT molecular complexity index is 450. The molecule has 0 fully saturated rings. The van der Waals surface area contributed by atoms with E-state index in [9.17, 15) is 4.79 Å². The molecule has 0 atom stereocenters. The first-order valence-corrected chi connectivity index (χ1v) is 7.86. The summed E-state index contributed by atoms with van der Waals surface area (Å²) >= 11 is 0. The minimum Gasteiger partial charge on any atom is -0.489 e. The molecular formula is C18H28O3. The van der Waals surface area contributed by atoms with E-state index in [1.165, 1.54) is 0 Å². The maximum absolute atomic E-state index is 12.0. The molecule has 0 amide bonds. The summed E-state index contributed by atoms with van der Waals surface area (Å²) < 4.78 is 11.6. The molecule has 0 bridgehead atoms. The Balaban J connectivity index is 2.92. The minimum atomic E-state index is 0.155. The van der Waals surface area contributed by atoms with Crippen LogP contribution in [-0.2, 0) is 0 Å². The molecule has 21 heavy (non-hydrogen) atoms. The van der Waals surface area contributed by atoms with Crippen LogP contribution in [-0.4, -0.2) is 19.0 Å². The van der Waals surface area contributed by atoms with E-state index in [1.54, 1.807) is 0 Å². The quantitative estimate of drug-likeness (QED) is 0.617. The summed E-state index contributed by atoms with van der Waals surface area (Å²) in [6.45, 7) is 11.7. The molecule has 1 aromatic rings. The molecule has 0 heterocycles. The minimum absolute atomic E-state index is 0.155. The van der Waals surface area contributed by atoms with Crippen molar-refractivity contribution in [3.05, 3.63) is 23.8 Å². The van der Waals surface area contributed by atoms with Gasteiger partial charge in [-0.1, -0.05) is 34.6 Å². The fraction of sp³-hybridized carbons (Fsp3) is 0.611. The predicted molar refractivity (Wildman–Crippen MR) is 86.3 cm³/mol. The van der Waals surface area contributed by atoms with Crippen molar-refractivity contribution in [2.24, 2.45) is 11.8 Å². The SMILES string of the molecule is CCCC(=O)c1ccc(OCC(C)C)c(OCC(C)C)c1. The van der Waals surface area contributed by atoms with Crippen LogP contribution < -0.4 is 9.47 Å². The van der Waals surface area contributed by atoms with E-state index in [1.807, 2.05) is 25.1 Å². The van der Waals surface area contributed by atoms with Crippen LogP contribution in [0.4, 0.5) is 0 Å². The summed E-state index contributed by atoms with van der Waals surface area (Å²) in [6.07, 6.45) is 1.42. The van der Waals surface area contributed by atoms with Gasteiger partial charge in [0.15, 0.2) is 17.3 Å². The van der Waals surface area contributed by atoms with Crippen molar-refractivity contribution in [1.29, 1.82) is 0 Å². The van der Waals surface area contributed by atoms with Crippen LogP contribution in [0.3, 0.4) is 0 Å². The molecule has 0 aliphatic heterocycles. The molecule has 3 nitrogen and oxygen atoms in total. The average Bonchev–Trinajstić information content (AvgIpc) is 2.43. The van der Waals surface area contributed by atoms with E-state index in [4.69, 9.17) is 9.47 Å². The van der Waals surface area contributed by atoms with Gasteiger partial charge in [-0.3, -0.25) is 4.79 Å². The van der Waals surface area contributed by atoms with Gasteiger partial charge in [0.2, 0.25) is 0 Å². The summed E-state index contributed by atoms with van der Waals surface area (Å²) in [6, 6.07) is 5.49. The van der Waals surface area contributed by atoms with Gasteiger partial charge in [-0.05, 0) is 36.5 Å². The monoisotopic (exact) mass is 292 g/mol. The predicted octanol–water partition coefficient (Wildman–Crippen LogP) is 4.74. The lowest BCUT2D eigenvalue weighted by Gasteiger charge is -2.16. The molecule has 0 spiro atoms. The van der Waals surface area contributed by atoms with Crippen molar-refractivity contribution >= 4 is 5.78 Å². The number of carbonyl (C=O) groups excluding carboxylic acids is 1. The molecule has 118 valence electrons. The van der Waals surface area contributed by atoms with Gasteiger partial charge in [0.25, 0.3) is 0 Å². The summed E-state index contributed by atoms with van der Waals surface area (Å²) in [4.78, 5) is 12.0. The maximum Gasteiger partial charge on any atom is 0.163 e. The van der Waals surface area contributed by atoms with E-state index in [-0.39, 0.29) is 5.78 Å². The van der Waals surface area contributed by atoms with Gasteiger partial charge in [0.05, 0.1) is 13.2 Å². The van der Waals surface area contributed by atoms with Crippen LogP contribution in [0, 0.1) is 11.8 Å². The van der Waals surface area contributed by atoms with Gasteiger partial charge >= 0.3 is 0 Å². The zero-order chi connectivity index (χ0) is 15.8. The van der Waals surface area contributed by atoms with Gasteiger partial charge in [0, 0.05) is 12.0 Å². The lowest BCUT2D eigenvalue weighted by atomic mass is 10.1. The average molecular weight is 292 g/mol. The second-order valence-corrected chi connectivity index (χ2v) is 6.24. The second-order valence-electron chi connectivity index (χ2n) is 6.24. The molecule has 0 saturated carbocycles. The lowest BCUT2D eigenvalue weighted by Crippen LogP contribution is -2.10. The highest BCUT2D eigenvalue weighted by Gasteiger charge is 2.12. The maximum atomic E-state index is 12.0.